The lowest BCUT2D eigenvalue weighted by atomic mass is 10.1. The van der Waals surface area contributed by atoms with Gasteiger partial charge in [-0.1, -0.05) is 23.7 Å². The van der Waals surface area contributed by atoms with Gasteiger partial charge in [0.25, 0.3) is 5.89 Å². The minimum absolute atomic E-state index is 0.0556. The summed E-state index contributed by atoms with van der Waals surface area (Å²) in [6.07, 6.45) is 1.68. The third kappa shape index (κ3) is 3.34. The minimum Gasteiger partial charge on any atom is -0.483 e. The molecule has 0 fully saturated rings. The molecule has 0 bridgehead atoms. The molecule has 2 aromatic rings. The molecule has 0 radical (unpaired) electrons. The number of aromatic nitrogens is 2. The first kappa shape index (κ1) is 14.0. The molecule has 6 nitrogen and oxygen atoms in total. The van der Waals surface area contributed by atoms with Crippen molar-refractivity contribution < 1.29 is 19.2 Å². The molecule has 20 heavy (non-hydrogen) atoms. The summed E-state index contributed by atoms with van der Waals surface area (Å²) in [7, 11) is 0. The lowest BCUT2D eigenvalue weighted by Crippen LogP contribution is -2.04. The van der Waals surface area contributed by atoms with Gasteiger partial charge < -0.3 is 14.4 Å². The van der Waals surface area contributed by atoms with Crippen LogP contribution < -0.4 is 4.74 Å². The summed E-state index contributed by atoms with van der Waals surface area (Å²) >= 11 is 0. The summed E-state index contributed by atoms with van der Waals surface area (Å²) in [5, 5.41) is 12.9. The van der Waals surface area contributed by atoms with Crippen LogP contribution in [-0.2, 0) is 13.0 Å². The molecule has 1 aromatic heterocycles. The second kappa shape index (κ2) is 6.18. The third-order valence-corrected chi connectivity index (χ3v) is 2.70. The molecule has 0 spiro atoms. The standard InChI is InChI=1S/C14H16N2O4/c1-3-4-12-15-13(20-16-12)8-19-11-6-5-9(2)7-10(11)14(17)18/h5-7H,3-4,8H2,1-2H3,(H,17,18). The molecular formula is C14H16N2O4. The lowest BCUT2D eigenvalue weighted by molar-refractivity contribution is 0.0691. The topological polar surface area (TPSA) is 85.5 Å². The second-order valence-electron chi connectivity index (χ2n) is 4.45. The maximum absolute atomic E-state index is 11.1. The van der Waals surface area contributed by atoms with Gasteiger partial charge in [0, 0.05) is 6.42 Å². The van der Waals surface area contributed by atoms with Crippen molar-refractivity contribution in [1.29, 1.82) is 0 Å². The third-order valence-electron chi connectivity index (χ3n) is 2.70. The van der Waals surface area contributed by atoms with Gasteiger partial charge >= 0.3 is 5.97 Å². The highest BCUT2D eigenvalue weighted by molar-refractivity contribution is 5.91. The maximum atomic E-state index is 11.1. The van der Waals surface area contributed by atoms with E-state index >= 15 is 0 Å². The average Bonchev–Trinajstić information content (AvgIpc) is 2.85. The van der Waals surface area contributed by atoms with Crippen LogP contribution in [0.1, 0.15) is 41.0 Å². The van der Waals surface area contributed by atoms with Crippen molar-refractivity contribution in [3.63, 3.8) is 0 Å². The van der Waals surface area contributed by atoms with E-state index < -0.39 is 5.97 Å². The van der Waals surface area contributed by atoms with Crippen LogP contribution in [0.2, 0.25) is 0 Å². The normalized spacial score (nSPS) is 10.5. The zero-order valence-corrected chi connectivity index (χ0v) is 11.4. The van der Waals surface area contributed by atoms with Gasteiger partial charge in [0.05, 0.1) is 0 Å². The Labute approximate surface area is 116 Å². The van der Waals surface area contributed by atoms with E-state index in [-0.39, 0.29) is 12.2 Å². The van der Waals surface area contributed by atoms with Crippen molar-refractivity contribution in [3.05, 3.63) is 41.0 Å². The van der Waals surface area contributed by atoms with Crippen molar-refractivity contribution in [2.75, 3.05) is 0 Å². The number of nitrogens with zero attached hydrogens (tertiary/aromatic N) is 2. The predicted octanol–water partition coefficient (Wildman–Crippen LogP) is 2.61. The number of aryl methyl sites for hydroxylation is 2. The van der Waals surface area contributed by atoms with Gasteiger partial charge in [0.2, 0.25) is 0 Å². The van der Waals surface area contributed by atoms with Crippen molar-refractivity contribution in [2.24, 2.45) is 0 Å². The van der Waals surface area contributed by atoms with Crippen LogP contribution in [0.15, 0.2) is 22.7 Å². The Hall–Kier alpha value is -2.37. The molecule has 0 aliphatic heterocycles. The summed E-state index contributed by atoms with van der Waals surface area (Å²) in [5.74, 6) is 0.234. The average molecular weight is 276 g/mol. The number of rotatable bonds is 6. The van der Waals surface area contributed by atoms with Gasteiger partial charge in [-0.05, 0) is 25.5 Å². The number of carboxylic acid groups (broad SMARTS) is 1. The molecule has 1 aromatic carbocycles. The number of carbonyl (C=O) groups is 1. The summed E-state index contributed by atoms with van der Waals surface area (Å²) in [4.78, 5) is 15.3. The Morgan fingerprint density at radius 2 is 2.25 bits per heavy atom. The highest BCUT2D eigenvalue weighted by Gasteiger charge is 2.13. The SMILES string of the molecule is CCCc1noc(COc2ccc(C)cc2C(=O)O)n1. The van der Waals surface area contributed by atoms with Gasteiger partial charge in [-0.25, -0.2) is 4.79 Å². The first-order chi connectivity index (χ1) is 9.60. The first-order valence-electron chi connectivity index (χ1n) is 6.38. The molecule has 0 amide bonds. The van der Waals surface area contributed by atoms with Crippen molar-refractivity contribution in [3.8, 4) is 5.75 Å². The van der Waals surface area contributed by atoms with Crippen LogP contribution in [-0.4, -0.2) is 21.2 Å². The molecule has 6 heteroatoms. The molecule has 0 aliphatic carbocycles. The zero-order chi connectivity index (χ0) is 14.5. The van der Waals surface area contributed by atoms with E-state index in [2.05, 4.69) is 10.1 Å². The molecule has 2 rings (SSSR count). The van der Waals surface area contributed by atoms with E-state index in [0.717, 1.165) is 18.4 Å². The molecule has 0 aliphatic rings. The van der Waals surface area contributed by atoms with E-state index in [1.807, 2.05) is 13.8 Å². The smallest absolute Gasteiger partial charge is 0.339 e. The summed E-state index contributed by atoms with van der Waals surface area (Å²) in [6, 6.07) is 4.98. The van der Waals surface area contributed by atoms with Crippen molar-refractivity contribution >= 4 is 5.97 Å². The van der Waals surface area contributed by atoms with Gasteiger partial charge in [0.15, 0.2) is 12.4 Å². The largest absolute Gasteiger partial charge is 0.483 e. The van der Waals surface area contributed by atoms with Gasteiger partial charge in [-0.3, -0.25) is 0 Å². The van der Waals surface area contributed by atoms with Crippen LogP contribution >= 0.6 is 0 Å². The van der Waals surface area contributed by atoms with E-state index in [9.17, 15) is 4.79 Å². The fourth-order valence-corrected chi connectivity index (χ4v) is 1.75. The Kier molecular flexibility index (Phi) is 4.34. The quantitative estimate of drug-likeness (QED) is 0.872. The molecule has 0 saturated heterocycles. The number of ether oxygens (including phenoxy) is 1. The van der Waals surface area contributed by atoms with E-state index in [0.29, 0.717) is 17.5 Å². The molecule has 1 N–H and O–H groups in total. The van der Waals surface area contributed by atoms with Crippen LogP contribution in [0.25, 0.3) is 0 Å². The Morgan fingerprint density at radius 3 is 2.95 bits per heavy atom. The van der Waals surface area contributed by atoms with Gasteiger partial charge in [-0.15, -0.1) is 0 Å². The lowest BCUT2D eigenvalue weighted by Gasteiger charge is -2.07. The van der Waals surface area contributed by atoms with Crippen molar-refractivity contribution in [2.45, 2.75) is 33.3 Å². The molecular weight excluding hydrogens is 260 g/mol. The number of benzene rings is 1. The van der Waals surface area contributed by atoms with Crippen LogP contribution in [0.5, 0.6) is 5.75 Å². The molecule has 0 unspecified atom stereocenters. The summed E-state index contributed by atoms with van der Waals surface area (Å²) < 4.78 is 10.5. The molecule has 0 atom stereocenters. The number of aromatic carboxylic acids is 1. The zero-order valence-electron chi connectivity index (χ0n) is 11.4. The highest BCUT2D eigenvalue weighted by Crippen LogP contribution is 2.21. The van der Waals surface area contributed by atoms with Crippen LogP contribution in [0.4, 0.5) is 0 Å². The Morgan fingerprint density at radius 1 is 1.45 bits per heavy atom. The van der Waals surface area contributed by atoms with Gasteiger partial charge in [0.1, 0.15) is 11.3 Å². The maximum Gasteiger partial charge on any atom is 0.339 e. The summed E-state index contributed by atoms with van der Waals surface area (Å²) in [5.41, 5.74) is 0.982. The van der Waals surface area contributed by atoms with E-state index in [1.54, 1.807) is 18.2 Å². The van der Waals surface area contributed by atoms with Crippen LogP contribution in [0.3, 0.4) is 0 Å². The number of hydrogen-bond acceptors (Lipinski definition) is 5. The fourth-order valence-electron chi connectivity index (χ4n) is 1.75. The van der Waals surface area contributed by atoms with E-state index in [1.165, 1.54) is 0 Å². The van der Waals surface area contributed by atoms with E-state index in [4.69, 9.17) is 14.4 Å². The monoisotopic (exact) mass is 276 g/mol. The van der Waals surface area contributed by atoms with Crippen LogP contribution in [0, 0.1) is 6.92 Å². The van der Waals surface area contributed by atoms with Gasteiger partial charge in [-0.2, -0.15) is 4.98 Å². The minimum atomic E-state index is -1.03. The number of hydrogen-bond donors (Lipinski definition) is 1. The second-order valence-corrected chi connectivity index (χ2v) is 4.45. The Balaban J connectivity index is 2.08. The molecule has 106 valence electrons. The Bertz CT molecular complexity index is 607. The highest BCUT2D eigenvalue weighted by atomic mass is 16.5. The molecule has 1 heterocycles. The molecule has 0 saturated carbocycles. The first-order valence-corrected chi connectivity index (χ1v) is 6.38. The summed E-state index contributed by atoms with van der Waals surface area (Å²) in [6.45, 7) is 3.91. The number of carboxylic acids is 1. The fraction of sp³-hybridized carbons (Fsp3) is 0.357. The predicted molar refractivity (Wildman–Crippen MR) is 70.8 cm³/mol. The van der Waals surface area contributed by atoms with Crippen molar-refractivity contribution in [1.82, 2.24) is 10.1 Å².